The molecule has 4 nitrogen and oxygen atoms in total. The van der Waals surface area contributed by atoms with Gasteiger partial charge in [0.15, 0.2) is 0 Å². The molecule has 2 heterocycles. The third-order valence-corrected chi connectivity index (χ3v) is 3.90. The molecule has 1 aliphatic rings. The van der Waals surface area contributed by atoms with E-state index < -0.39 is 0 Å². The van der Waals surface area contributed by atoms with Crippen molar-refractivity contribution in [3.63, 3.8) is 0 Å². The number of hydrogen-bond donors (Lipinski definition) is 1. The first-order valence-electron chi connectivity index (χ1n) is 7.26. The van der Waals surface area contributed by atoms with Crippen LogP contribution in [0, 0.1) is 0 Å². The van der Waals surface area contributed by atoms with Crippen molar-refractivity contribution in [2.75, 3.05) is 6.54 Å². The van der Waals surface area contributed by atoms with E-state index >= 15 is 0 Å². The monoisotopic (exact) mass is 263 g/mol. The Morgan fingerprint density at radius 1 is 1.47 bits per heavy atom. The van der Waals surface area contributed by atoms with E-state index in [-0.39, 0.29) is 18.0 Å². The molecule has 1 saturated heterocycles. The molecule has 2 atom stereocenters. The highest BCUT2D eigenvalue weighted by atomic mass is 16.2. The zero-order valence-electron chi connectivity index (χ0n) is 12.0. The molecule has 4 heteroatoms. The number of nitrogens with zero attached hydrogens (tertiary/aromatic N) is 2. The standard InChI is InChI=1S/C15H25N3O/c1-12(16)11-15(19)18-10-5-3-4-7-14(18)13-8-6-9-17(13)2/h6,8-9,12,14H,3-5,7,10-11,16H2,1-2H3. The molecule has 0 aromatic carbocycles. The Morgan fingerprint density at radius 2 is 2.26 bits per heavy atom. The van der Waals surface area contributed by atoms with E-state index in [4.69, 9.17) is 5.73 Å². The van der Waals surface area contributed by atoms with Gasteiger partial charge in [0, 0.05) is 37.9 Å². The van der Waals surface area contributed by atoms with Gasteiger partial charge >= 0.3 is 0 Å². The van der Waals surface area contributed by atoms with Gasteiger partial charge < -0.3 is 15.2 Å². The maximum atomic E-state index is 12.4. The van der Waals surface area contributed by atoms with Gasteiger partial charge in [-0.2, -0.15) is 0 Å². The van der Waals surface area contributed by atoms with Crippen LogP contribution in [0.4, 0.5) is 0 Å². The van der Waals surface area contributed by atoms with Crippen LogP contribution in [0.3, 0.4) is 0 Å². The van der Waals surface area contributed by atoms with Gasteiger partial charge in [0.25, 0.3) is 0 Å². The predicted octanol–water partition coefficient (Wildman–Crippen LogP) is 2.21. The van der Waals surface area contributed by atoms with Gasteiger partial charge in [-0.1, -0.05) is 12.8 Å². The van der Waals surface area contributed by atoms with E-state index in [0.29, 0.717) is 6.42 Å². The second kappa shape index (κ2) is 6.24. The van der Waals surface area contributed by atoms with E-state index in [1.54, 1.807) is 0 Å². The van der Waals surface area contributed by atoms with Crippen LogP contribution in [-0.2, 0) is 11.8 Å². The second-order valence-electron chi connectivity index (χ2n) is 5.68. The van der Waals surface area contributed by atoms with E-state index in [1.165, 1.54) is 18.5 Å². The number of amides is 1. The first-order chi connectivity index (χ1) is 9.09. The topological polar surface area (TPSA) is 51.3 Å². The Hall–Kier alpha value is -1.29. The van der Waals surface area contributed by atoms with Crippen molar-refractivity contribution >= 4 is 5.91 Å². The maximum Gasteiger partial charge on any atom is 0.224 e. The highest BCUT2D eigenvalue weighted by Crippen LogP contribution is 2.30. The van der Waals surface area contributed by atoms with E-state index in [9.17, 15) is 4.79 Å². The second-order valence-corrected chi connectivity index (χ2v) is 5.68. The Morgan fingerprint density at radius 3 is 2.89 bits per heavy atom. The van der Waals surface area contributed by atoms with Gasteiger partial charge in [0.2, 0.25) is 5.91 Å². The van der Waals surface area contributed by atoms with E-state index in [0.717, 1.165) is 19.4 Å². The summed E-state index contributed by atoms with van der Waals surface area (Å²) in [4.78, 5) is 14.5. The minimum Gasteiger partial charge on any atom is -0.353 e. The molecule has 0 aliphatic carbocycles. The number of rotatable bonds is 3. The molecule has 1 fully saturated rings. The van der Waals surface area contributed by atoms with Crippen molar-refractivity contribution in [3.05, 3.63) is 24.0 Å². The molecule has 106 valence electrons. The van der Waals surface area contributed by atoms with Gasteiger partial charge in [-0.05, 0) is 31.9 Å². The molecule has 2 rings (SSSR count). The van der Waals surface area contributed by atoms with Crippen molar-refractivity contribution in [3.8, 4) is 0 Å². The lowest BCUT2D eigenvalue weighted by Gasteiger charge is -2.31. The number of hydrogen-bond acceptors (Lipinski definition) is 2. The molecule has 0 radical (unpaired) electrons. The SMILES string of the molecule is CC(N)CC(=O)N1CCCCCC1c1cccn1C. The van der Waals surface area contributed by atoms with Crippen molar-refractivity contribution in [1.29, 1.82) is 0 Å². The zero-order chi connectivity index (χ0) is 13.8. The first kappa shape index (κ1) is 14.1. The summed E-state index contributed by atoms with van der Waals surface area (Å²) in [6.45, 7) is 2.76. The summed E-state index contributed by atoms with van der Waals surface area (Å²) in [5.74, 6) is 0.197. The predicted molar refractivity (Wildman–Crippen MR) is 76.6 cm³/mol. The number of carbonyl (C=O) groups excluding carboxylic acids is 1. The molecule has 2 N–H and O–H groups in total. The van der Waals surface area contributed by atoms with Crippen LogP contribution in [0.25, 0.3) is 0 Å². The van der Waals surface area contributed by atoms with Crippen LogP contribution in [0.5, 0.6) is 0 Å². The van der Waals surface area contributed by atoms with Gasteiger partial charge in [0.05, 0.1) is 6.04 Å². The molecule has 1 amide bonds. The average Bonchev–Trinajstić information content (AvgIpc) is 2.63. The maximum absolute atomic E-state index is 12.4. The molecule has 1 aliphatic heterocycles. The fourth-order valence-electron chi connectivity index (χ4n) is 2.93. The highest BCUT2D eigenvalue weighted by Gasteiger charge is 2.28. The van der Waals surface area contributed by atoms with Crippen molar-refractivity contribution < 1.29 is 4.79 Å². The van der Waals surface area contributed by atoms with Crippen LogP contribution in [0.15, 0.2) is 18.3 Å². The third-order valence-electron chi connectivity index (χ3n) is 3.90. The zero-order valence-corrected chi connectivity index (χ0v) is 12.0. The van der Waals surface area contributed by atoms with Gasteiger partial charge in [-0.25, -0.2) is 0 Å². The molecule has 19 heavy (non-hydrogen) atoms. The molecule has 1 aromatic rings. The van der Waals surface area contributed by atoms with Gasteiger partial charge in [-0.3, -0.25) is 4.79 Å². The lowest BCUT2D eigenvalue weighted by molar-refractivity contribution is -0.134. The number of nitrogens with two attached hydrogens (primary N) is 1. The lowest BCUT2D eigenvalue weighted by atomic mass is 10.1. The first-order valence-corrected chi connectivity index (χ1v) is 7.26. The number of likely N-dealkylation sites (tertiary alicyclic amines) is 1. The molecule has 0 bridgehead atoms. The molecule has 2 unspecified atom stereocenters. The highest BCUT2D eigenvalue weighted by molar-refractivity contribution is 5.77. The van der Waals surface area contributed by atoms with Gasteiger partial charge in [-0.15, -0.1) is 0 Å². The lowest BCUT2D eigenvalue weighted by Crippen LogP contribution is -2.38. The minimum atomic E-state index is -0.0650. The smallest absolute Gasteiger partial charge is 0.224 e. The Labute approximate surface area is 115 Å². The van der Waals surface area contributed by atoms with Crippen molar-refractivity contribution in [2.24, 2.45) is 12.8 Å². The fourth-order valence-corrected chi connectivity index (χ4v) is 2.93. The molecular weight excluding hydrogens is 238 g/mol. The summed E-state index contributed by atoms with van der Waals surface area (Å²) >= 11 is 0. The normalized spacial score (nSPS) is 22.1. The fraction of sp³-hybridized carbons (Fsp3) is 0.667. The summed E-state index contributed by atoms with van der Waals surface area (Å²) in [6, 6.07) is 4.33. The Bertz CT molecular complexity index is 425. The summed E-state index contributed by atoms with van der Waals surface area (Å²) in [5.41, 5.74) is 7.02. The summed E-state index contributed by atoms with van der Waals surface area (Å²) in [7, 11) is 2.05. The van der Waals surface area contributed by atoms with Crippen molar-refractivity contribution in [1.82, 2.24) is 9.47 Å². The van der Waals surface area contributed by atoms with E-state index in [1.807, 2.05) is 11.8 Å². The van der Waals surface area contributed by atoms with Crippen LogP contribution in [0.1, 0.15) is 50.8 Å². The minimum absolute atomic E-state index is 0.0650. The van der Waals surface area contributed by atoms with E-state index in [2.05, 4.69) is 29.9 Å². The molecule has 0 spiro atoms. The Balaban J connectivity index is 2.21. The molecule has 0 saturated carbocycles. The van der Waals surface area contributed by atoms with Crippen LogP contribution in [-0.4, -0.2) is 28.0 Å². The summed E-state index contributed by atoms with van der Waals surface area (Å²) < 4.78 is 2.13. The number of carbonyl (C=O) groups is 1. The molecular formula is C15H25N3O. The summed E-state index contributed by atoms with van der Waals surface area (Å²) in [5, 5.41) is 0. The summed E-state index contributed by atoms with van der Waals surface area (Å²) in [6.07, 6.45) is 7.06. The van der Waals surface area contributed by atoms with Crippen LogP contribution < -0.4 is 5.73 Å². The van der Waals surface area contributed by atoms with Crippen molar-refractivity contribution in [2.45, 2.75) is 51.1 Å². The van der Waals surface area contributed by atoms with Crippen LogP contribution >= 0.6 is 0 Å². The van der Waals surface area contributed by atoms with Gasteiger partial charge in [0.1, 0.15) is 0 Å². The number of aryl methyl sites for hydroxylation is 1. The van der Waals surface area contributed by atoms with Crippen LogP contribution in [0.2, 0.25) is 0 Å². The number of aromatic nitrogens is 1. The largest absolute Gasteiger partial charge is 0.353 e. The average molecular weight is 263 g/mol. The Kier molecular flexibility index (Phi) is 4.64. The third kappa shape index (κ3) is 3.38. The molecule has 1 aromatic heterocycles. The quantitative estimate of drug-likeness (QED) is 0.909.